The molecule has 1 fully saturated rings. The van der Waals surface area contributed by atoms with Crippen molar-refractivity contribution in [1.82, 2.24) is 9.80 Å². The van der Waals surface area contributed by atoms with Crippen LogP contribution in [0.1, 0.15) is 29.8 Å². The fraction of sp³-hybridized carbons (Fsp3) is 0.667. The van der Waals surface area contributed by atoms with E-state index in [4.69, 9.17) is 0 Å². The van der Waals surface area contributed by atoms with Crippen molar-refractivity contribution >= 4 is 27.1 Å². The number of hydrogen-bond donors (Lipinski definition) is 0. The second-order valence-electron chi connectivity index (χ2n) is 5.99. The van der Waals surface area contributed by atoms with Crippen LogP contribution in [0.2, 0.25) is 0 Å². The summed E-state index contributed by atoms with van der Waals surface area (Å²) in [7, 11) is -2.89. The van der Waals surface area contributed by atoms with Gasteiger partial charge in [0.15, 0.2) is 9.84 Å². The first-order chi connectivity index (χ1) is 10.5. The van der Waals surface area contributed by atoms with Crippen LogP contribution in [0.25, 0.3) is 0 Å². The zero-order chi connectivity index (χ0) is 15.7. The molecule has 0 aromatic carbocycles. The monoisotopic (exact) mass is 342 g/mol. The van der Waals surface area contributed by atoms with Gasteiger partial charge >= 0.3 is 0 Å². The van der Waals surface area contributed by atoms with Crippen LogP contribution < -0.4 is 0 Å². The Labute approximate surface area is 135 Å². The van der Waals surface area contributed by atoms with Crippen molar-refractivity contribution in [2.45, 2.75) is 25.8 Å². The average molecular weight is 342 g/mol. The predicted molar refractivity (Wildman–Crippen MR) is 87.9 cm³/mol. The molecule has 0 aliphatic carbocycles. The molecule has 22 heavy (non-hydrogen) atoms. The van der Waals surface area contributed by atoms with Crippen molar-refractivity contribution in [1.29, 1.82) is 0 Å². The number of amides is 1. The maximum absolute atomic E-state index is 12.7. The summed E-state index contributed by atoms with van der Waals surface area (Å²) in [5, 5.41) is 2.11. The lowest BCUT2D eigenvalue weighted by molar-refractivity contribution is -0.135. The van der Waals surface area contributed by atoms with Crippen molar-refractivity contribution in [2.24, 2.45) is 0 Å². The number of rotatable bonds is 3. The Kier molecular flexibility index (Phi) is 4.56. The summed E-state index contributed by atoms with van der Waals surface area (Å²) in [6.07, 6.45) is 1.85. The third-order valence-electron chi connectivity index (χ3n) is 4.60. The molecule has 0 bridgehead atoms. The van der Waals surface area contributed by atoms with Gasteiger partial charge in [0.25, 0.3) is 0 Å². The van der Waals surface area contributed by atoms with Gasteiger partial charge in [-0.1, -0.05) is 6.92 Å². The Morgan fingerprint density at radius 1 is 1.32 bits per heavy atom. The van der Waals surface area contributed by atoms with E-state index in [1.54, 1.807) is 11.3 Å². The molecular weight excluding hydrogens is 320 g/mol. The highest BCUT2D eigenvalue weighted by molar-refractivity contribution is 7.91. The van der Waals surface area contributed by atoms with Crippen LogP contribution in [-0.2, 0) is 21.1 Å². The van der Waals surface area contributed by atoms with Gasteiger partial charge in [-0.3, -0.25) is 9.69 Å². The maximum Gasteiger partial charge on any atom is 0.237 e. The molecule has 1 atom stereocenters. The summed E-state index contributed by atoms with van der Waals surface area (Å²) in [5.74, 6) is 0.473. The van der Waals surface area contributed by atoms with Crippen LogP contribution in [0, 0.1) is 0 Å². The van der Waals surface area contributed by atoms with Crippen LogP contribution in [0.5, 0.6) is 0 Å². The van der Waals surface area contributed by atoms with Gasteiger partial charge < -0.3 is 4.90 Å². The topological polar surface area (TPSA) is 57.7 Å². The minimum Gasteiger partial charge on any atom is -0.334 e. The average Bonchev–Trinajstić information content (AvgIpc) is 2.96. The molecule has 0 N–H and O–H groups in total. The van der Waals surface area contributed by atoms with E-state index in [9.17, 15) is 13.2 Å². The lowest BCUT2D eigenvalue weighted by Gasteiger charge is -2.37. The predicted octanol–water partition coefficient (Wildman–Crippen LogP) is 1.31. The minimum atomic E-state index is -2.89. The molecule has 1 amide bonds. The summed E-state index contributed by atoms with van der Waals surface area (Å²) < 4.78 is 22.9. The molecule has 0 spiro atoms. The van der Waals surface area contributed by atoms with Gasteiger partial charge in [0, 0.05) is 24.5 Å². The summed E-state index contributed by atoms with van der Waals surface area (Å²) >= 11 is 1.78. The van der Waals surface area contributed by atoms with Crippen molar-refractivity contribution in [3.8, 4) is 0 Å². The van der Waals surface area contributed by atoms with Gasteiger partial charge in [-0.25, -0.2) is 8.42 Å². The normalized spacial score (nSPS) is 25.0. The Morgan fingerprint density at radius 2 is 2.05 bits per heavy atom. The zero-order valence-corrected chi connectivity index (χ0v) is 14.5. The molecule has 3 rings (SSSR count). The van der Waals surface area contributed by atoms with Crippen molar-refractivity contribution in [2.75, 3.05) is 37.7 Å². The van der Waals surface area contributed by atoms with Gasteiger partial charge in [-0.05, 0) is 29.9 Å². The third kappa shape index (κ3) is 3.21. The molecule has 0 saturated carbocycles. The van der Waals surface area contributed by atoms with E-state index in [2.05, 4.69) is 18.4 Å². The summed E-state index contributed by atoms with van der Waals surface area (Å²) in [4.78, 5) is 18.0. The number of fused-ring (bicyclic) bond motifs is 1. The fourth-order valence-corrected chi connectivity index (χ4v) is 5.53. The van der Waals surface area contributed by atoms with Crippen LogP contribution in [-0.4, -0.2) is 61.8 Å². The molecule has 2 aliphatic rings. The van der Waals surface area contributed by atoms with Gasteiger partial charge in [0.1, 0.15) is 0 Å². The van der Waals surface area contributed by atoms with E-state index in [0.29, 0.717) is 19.6 Å². The van der Waals surface area contributed by atoms with E-state index in [0.717, 1.165) is 19.4 Å². The molecule has 2 aliphatic heterocycles. The number of carbonyl (C=O) groups is 1. The Hall–Kier alpha value is -0.920. The molecule has 1 saturated heterocycles. The highest BCUT2D eigenvalue weighted by atomic mass is 32.2. The summed E-state index contributed by atoms with van der Waals surface area (Å²) in [6.45, 7) is 4.18. The lowest BCUT2D eigenvalue weighted by Crippen LogP contribution is -2.48. The van der Waals surface area contributed by atoms with Crippen molar-refractivity contribution in [3.05, 3.63) is 21.9 Å². The molecule has 5 nitrogen and oxygen atoms in total. The first-order valence-corrected chi connectivity index (χ1v) is 10.5. The Morgan fingerprint density at radius 3 is 2.73 bits per heavy atom. The van der Waals surface area contributed by atoms with Gasteiger partial charge in [-0.2, -0.15) is 0 Å². The first kappa shape index (κ1) is 16.0. The van der Waals surface area contributed by atoms with Crippen LogP contribution in [0.4, 0.5) is 0 Å². The number of carbonyl (C=O) groups excluding carboxylic acids is 1. The molecule has 1 aromatic heterocycles. The highest BCUT2D eigenvalue weighted by Crippen LogP contribution is 2.35. The SMILES string of the molecule is CC[C@@H]1c2ccsc2CCN1C(=O)CN1CCS(=O)(=O)CC1. The summed E-state index contributed by atoms with van der Waals surface area (Å²) in [6, 6.07) is 2.32. The molecule has 0 radical (unpaired) electrons. The number of hydrogen-bond acceptors (Lipinski definition) is 5. The second kappa shape index (κ2) is 6.29. The molecule has 3 heterocycles. The fourth-order valence-electron chi connectivity index (χ4n) is 3.33. The van der Waals surface area contributed by atoms with Crippen molar-refractivity contribution in [3.63, 3.8) is 0 Å². The largest absolute Gasteiger partial charge is 0.334 e. The second-order valence-corrected chi connectivity index (χ2v) is 9.29. The number of sulfone groups is 1. The van der Waals surface area contributed by atoms with Crippen LogP contribution >= 0.6 is 11.3 Å². The molecule has 0 unspecified atom stereocenters. The van der Waals surface area contributed by atoms with E-state index in [1.165, 1.54) is 10.4 Å². The van der Waals surface area contributed by atoms with E-state index in [-0.39, 0.29) is 23.5 Å². The Bertz CT molecular complexity index is 639. The van der Waals surface area contributed by atoms with Gasteiger partial charge in [0.2, 0.25) is 5.91 Å². The minimum absolute atomic E-state index is 0.128. The highest BCUT2D eigenvalue weighted by Gasteiger charge is 2.32. The molecule has 1 aromatic rings. The third-order valence-corrected chi connectivity index (χ3v) is 7.20. The maximum atomic E-state index is 12.7. The van der Waals surface area contributed by atoms with Crippen LogP contribution in [0.3, 0.4) is 0 Å². The summed E-state index contributed by atoms with van der Waals surface area (Å²) in [5.41, 5.74) is 1.30. The lowest BCUT2D eigenvalue weighted by atomic mass is 9.97. The van der Waals surface area contributed by atoms with Gasteiger partial charge in [0.05, 0.1) is 24.1 Å². The molecular formula is C15H22N2O3S2. The van der Waals surface area contributed by atoms with E-state index < -0.39 is 9.84 Å². The van der Waals surface area contributed by atoms with E-state index >= 15 is 0 Å². The van der Waals surface area contributed by atoms with Crippen molar-refractivity contribution < 1.29 is 13.2 Å². The Balaban J connectivity index is 1.65. The molecule has 7 heteroatoms. The standard InChI is InChI=1S/C15H22N2O3S2/c1-2-13-12-4-8-21-14(12)3-5-17(13)15(18)11-16-6-9-22(19,20)10-7-16/h4,8,13H,2-3,5-7,9-11H2,1H3/t13-/m1/s1. The zero-order valence-electron chi connectivity index (χ0n) is 12.8. The van der Waals surface area contributed by atoms with Crippen LogP contribution in [0.15, 0.2) is 11.4 Å². The molecule has 122 valence electrons. The quantitative estimate of drug-likeness (QED) is 0.831. The van der Waals surface area contributed by atoms with E-state index in [1.807, 2.05) is 9.80 Å². The smallest absolute Gasteiger partial charge is 0.237 e. The first-order valence-electron chi connectivity index (χ1n) is 7.78. The number of nitrogens with zero attached hydrogens (tertiary/aromatic N) is 2. The number of thiophene rings is 1. The van der Waals surface area contributed by atoms with Gasteiger partial charge in [-0.15, -0.1) is 11.3 Å².